The Morgan fingerprint density at radius 1 is 1.08 bits per heavy atom. The molecule has 0 fully saturated rings. The number of carbonyl (C=O) groups excluding carboxylic acids is 2. The Labute approximate surface area is 217 Å². The summed E-state index contributed by atoms with van der Waals surface area (Å²) in [5, 5.41) is 11.5. The summed E-state index contributed by atoms with van der Waals surface area (Å²) in [6, 6.07) is 11.5. The first kappa shape index (κ1) is 25.3. The molecule has 0 saturated carbocycles. The number of amides is 1. The average Bonchev–Trinajstić information content (AvgIpc) is 3.42. The molecule has 1 unspecified atom stereocenters. The number of alkyl halides is 3. The molecule has 3 aromatic carbocycles. The Morgan fingerprint density at radius 2 is 1.82 bits per heavy atom. The summed E-state index contributed by atoms with van der Waals surface area (Å²) in [5.41, 5.74) is -2.01. The first-order valence-electron chi connectivity index (χ1n) is 11.0. The number of hydrogen-bond donors (Lipinski definition) is 1. The number of ketones is 1. The van der Waals surface area contributed by atoms with Crippen molar-refractivity contribution in [3.8, 4) is 5.75 Å². The van der Waals surface area contributed by atoms with E-state index < -0.39 is 46.6 Å². The Hall–Kier alpha value is -4.31. The smallest absolute Gasteiger partial charge is 0.416 e. The molecule has 0 bridgehead atoms. The highest BCUT2D eigenvalue weighted by molar-refractivity contribution is 6.31. The van der Waals surface area contributed by atoms with E-state index >= 15 is 4.39 Å². The number of rotatable bonds is 5. The fraction of sp³-hybridized carbons (Fsp3) is 0.111. The van der Waals surface area contributed by atoms with Gasteiger partial charge in [0.25, 0.3) is 5.91 Å². The second-order valence-corrected chi connectivity index (χ2v) is 8.81. The molecule has 0 radical (unpaired) electrons. The van der Waals surface area contributed by atoms with E-state index in [0.29, 0.717) is 11.5 Å². The predicted molar refractivity (Wildman–Crippen MR) is 130 cm³/mol. The zero-order chi connectivity index (χ0) is 27.4. The summed E-state index contributed by atoms with van der Waals surface area (Å²) >= 11 is 6.08. The molecule has 1 N–H and O–H groups in total. The molecule has 6 nitrogen and oxygen atoms in total. The lowest BCUT2D eigenvalue weighted by atomic mass is 9.94. The summed E-state index contributed by atoms with van der Waals surface area (Å²) in [6.45, 7) is 0. The van der Waals surface area contributed by atoms with Gasteiger partial charge in [0.2, 0.25) is 5.78 Å². The molecular weight excluding hydrogens is 530 g/mol. The van der Waals surface area contributed by atoms with Crippen LogP contribution in [0.3, 0.4) is 0 Å². The van der Waals surface area contributed by atoms with Crippen LogP contribution in [0.1, 0.15) is 27.7 Å². The molecule has 1 aliphatic rings. The molecule has 0 spiro atoms. The Morgan fingerprint density at radius 3 is 2.50 bits per heavy atom. The van der Waals surface area contributed by atoms with E-state index in [1.54, 1.807) is 0 Å². The van der Waals surface area contributed by atoms with Crippen LogP contribution in [-0.4, -0.2) is 23.9 Å². The molecule has 1 aliphatic heterocycles. The van der Waals surface area contributed by atoms with Crippen molar-refractivity contribution in [3.05, 3.63) is 106 Å². The number of carbonyl (C=O) groups is 2. The van der Waals surface area contributed by atoms with Gasteiger partial charge in [0, 0.05) is 27.7 Å². The van der Waals surface area contributed by atoms with Crippen LogP contribution >= 0.6 is 11.6 Å². The highest BCUT2D eigenvalue weighted by atomic mass is 35.5. The normalized spacial score (nSPS) is 16.0. The average molecular weight is 546 g/mol. The van der Waals surface area contributed by atoms with Crippen molar-refractivity contribution in [2.24, 2.45) is 0 Å². The van der Waals surface area contributed by atoms with Crippen LogP contribution in [0.4, 0.5) is 23.2 Å². The first-order valence-corrected chi connectivity index (χ1v) is 11.4. The van der Waals surface area contributed by atoms with Crippen LogP contribution in [0.2, 0.25) is 5.02 Å². The van der Waals surface area contributed by atoms with Gasteiger partial charge in [0.15, 0.2) is 22.9 Å². The van der Waals surface area contributed by atoms with Crippen LogP contribution in [0, 0.1) is 5.82 Å². The van der Waals surface area contributed by atoms with E-state index in [1.165, 1.54) is 49.6 Å². The van der Waals surface area contributed by atoms with Gasteiger partial charge in [-0.2, -0.15) is 13.2 Å². The molecule has 1 amide bonds. The minimum atomic E-state index is -4.74. The van der Waals surface area contributed by atoms with E-state index in [4.69, 9.17) is 20.8 Å². The number of furan rings is 1. The van der Waals surface area contributed by atoms with E-state index in [1.807, 2.05) is 0 Å². The third-order valence-corrected chi connectivity index (χ3v) is 6.31. The molecule has 38 heavy (non-hydrogen) atoms. The number of benzene rings is 3. The molecule has 5 rings (SSSR count). The number of anilines is 1. The number of ether oxygens (including phenoxy) is 1. The maximum atomic E-state index is 15.0. The van der Waals surface area contributed by atoms with Crippen molar-refractivity contribution in [2.75, 3.05) is 12.0 Å². The van der Waals surface area contributed by atoms with Crippen molar-refractivity contribution >= 4 is 39.9 Å². The Bertz CT molecular complexity index is 1640. The first-order chi connectivity index (χ1) is 18.0. The molecule has 0 saturated heterocycles. The van der Waals surface area contributed by atoms with E-state index in [2.05, 4.69) is 0 Å². The van der Waals surface area contributed by atoms with Crippen molar-refractivity contribution in [3.63, 3.8) is 0 Å². The molecule has 4 aromatic rings. The fourth-order valence-electron chi connectivity index (χ4n) is 4.41. The van der Waals surface area contributed by atoms with Gasteiger partial charge < -0.3 is 14.3 Å². The largest absolute Gasteiger partial charge is 0.503 e. The van der Waals surface area contributed by atoms with Gasteiger partial charge in [-0.25, -0.2) is 4.39 Å². The summed E-state index contributed by atoms with van der Waals surface area (Å²) in [4.78, 5) is 27.7. The predicted octanol–water partition coefficient (Wildman–Crippen LogP) is 7.04. The van der Waals surface area contributed by atoms with Crippen LogP contribution in [-0.2, 0) is 11.0 Å². The van der Waals surface area contributed by atoms with Crippen LogP contribution in [0.25, 0.3) is 11.0 Å². The zero-order valence-electron chi connectivity index (χ0n) is 19.3. The quantitative estimate of drug-likeness (QED) is 0.215. The van der Waals surface area contributed by atoms with Gasteiger partial charge in [-0.05, 0) is 36.4 Å². The molecule has 0 aliphatic carbocycles. The molecule has 1 atom stereocenters. The van der Waals surface area contributed by atoms with E-state index in [0.717, 1.165) is 23.1 Å². The number of halogens is 5. The minimum Gasteiger partial charge on any atom is -0.503 e. The molecule has 2 heterocycles. The lowest BCUT2D eigenvalue weighted by Crippen LogP contribution is -2.31. The van der Waals surface area contributed by atoms with Crippen molar-refractivity contribution in [2.45, 2.75) is 12.2 Å². The fourth-order valence-corrected chi connectivity index (χ4v) is 4.63. The van der Waals surface area contributed by atoms with Crippen LogP contribution in [0.5, 0.6) is 5.75 Å². The third kappa shape index (κ3) is 4.16. The van der Waals surface area contributed by atoms with Crippen molar-refractivity contribution in [1.82, 2.24) is 0 Å². The lowest BCUT2D eigenvalue weighted by molar-refractivity contribution is -0.137. The summed E-state index contributed by atoms with van der Waals surface area (Å²) in [6.07, 6.45) is -4.74. The number of nitrogens with zero attached hydrogens (tertiary/aromatic N) is 1. The number of fused-ring (bicyclic) bond motifs is 1. The Balaban J connectivity index is 1.69. The second kappa shape index (κ2) is 9.21. The van der Waals surface area contributed by atoms with E-state index in [-0.39, 0.29) is 33.4 Å². The summed E-state index contributed by atoms with van der Waals surface area (Å²) < 4.78 is 66.2. The molecule has 194 valence electrons. The third-order valence-electron chi connectivity index (χ3n) is 6.09. The number of Topliss-reactive ketones (excluding diaryl/α,β-unsaturated/α-hetero) is 1. The maximum Gasteiger partial charge on any atom is 0.416 e. The number of methoxy groups -OCH3 is 1. The maximum absolute atomic E-state index is 15.0. The lowest BCUT2D eigenvalue weighted by Gasteiger charge is -2.27. The van der Waals surface area contributed by atoms with E-state index in [9.17, 15) is 27.9 Å². The topological polar surface area (TPSA) is 80.0 Å². The summed E-state index contributed by atoms with van der Waals surface area (Å²) in [7, 11) is 1.36. The van der Waals surface area contributed by atoms with Crippen LogP contribution < -0.4 is 9.64 Å². The SMILES string of the molecule is COc1cc(Cl)cc2cc(C(=O)C3=C(O)C(=O)N(c4cccc(C(F)(F)F)c4)C3c3ccccc3F)oc12. The minimum absolute atomic E-state index is 0.154. The summed E-state index contributed by atoms with van der Waals surface area (Å²) in [5.74, 6) is -4.18. The molecular formula is C27H16ClF4NO5. The molecule has 11 heteroatoms. The number of aliphatic hydroxyl groups excluding tert-OH is 1. The number of hydrogen-bond acceptors (Lipinski definition) is 5. The standard InChI is InChI=1S/C27H16ClF4NO5/c1-37-20-12-15(28)9-13-10-19(38-25(13)20)23(34)21-22(17-7-2-3-8-18(17)29)33(26(36)24(21)35)16-6-4-5-14(11-16)27(30,31)32/h2-12,22,35H,1H3. The van der Waals surface area contributed by atoms with Gasteiger partial charge in [0.1, 0.15) is 5.82 Å². The zero-order valence-corrected chi connectivity index (χ0v) is 20.1. The highest BCUT2D eigenvalue weighted by Gasteiger charge is 2.47. The van der Waals surface area contributed by atoms with Crippen LogP contribution in [0.15, 0.2) is 82.5 Å². The van der Waals surface area contributed by atoms with Gasteiger partial charge >= 0.3 is 6.18 Å². The van der Waals surface area contributed by atoms with Gasteiger partial charge in [-0.3, -0.25) is 14.5 Å². The monoisotopic (exact) mass is 545 g/mol. The number of aliphatic hydroxyl groups is 1. The van der Waals surface area contributed by atoms with Crippen molar-refractivity contribution < 1.29 is 41.4 Å². The van der Waals surface area contributed by atoms with Gasteiger partial charge in [0.05, 0.1) is 24.3 Å². The molecule has 1 aromatic heterocycles. The second-order valence-electron chi connectivity index (χ2n) is 8.38. The van der Waals surface area contributed by atoms with Gasteiger partial charge in [-0.15, -0.1) is 0 Å². The van der Waals surface area contributed by atoms with Gasteiger partial charge in [-0.1, -0.05) is 35.9 Å². The highest BCUT2D eigenvalue weighted by Crippen LogP contribution is 2.44. The Kier molecular flexibility index (Phi) is 6.15. The van der Waals surface area contributed by atoms with Crippen molar-refractivity contribution in [1.29, 1.82) is 0 Å².